The number of allylic oxidation sites excluding steroid dienone is 2. The van der Waals surface area contributed by atoms with Crippen LogP contribution in [0.3, 0.4) is 0 Å². The summed E-state index contributed by atoms with van der Waals surface area (Å²) in [5.41, 5.74) is 1.95. The third kappa shape index (κ3) is 1.47. The summed E-state index contributed by atoms with van der Waals surface area (Å²) in [7, 11) is 0. The monoisotopic (exact) mass is 189 g/mol. The minimum Gasteiger partial charge on any atom is -0.198 e. The maximum absolute atomic E-state index is 9.11. The van der Waals surface area contributed by atoms with Crippen LogP contribution >= 0.6 is 0 Å². The van der Waals surface area contributed by atoms with Gasteiger partial charge in [0.05, 0.1) is 6.07 Å². The van der Waals surface area contributed by atoms with Gasteiger partial charge in [0, 0.05) is 5.92 Å². The molecule has 0 aromatic rings. The lowest BCUT2D eigenvalue weighted by Crippen LogP contribution is -2.23. The van der Waals surface area contributed by atoms with Gasteiger partial charge in [-0.05, 0) is 50.4 Å². The fourth-order valence-electron chi connectivity index (χ4n) is 3.21. The molecule has 14 heavy (non-hydrogen) atoms. The molecule has 1 heteroatoms. The van der Waals surface area contributed by atoms with Crippen LogP contribution < -0.4 is 0 Å². The third-order valence-electron chi connectivity index (χ3n) is 4.34. The molecule has 0 aliphatic heterocycles. The van der Waals surface area contributed by atoms with Crippen LogP contribution in [0.15, 0.2) is 11.6 Å². The lowest BCUT2D eigenvalue weighted by atomic mass is 9.74. The third-order valence-corrected chi connectivity index (χ3v) is 4.34. The Morgan fingerprint density at radius 2 is 2.29 bits per heavy atom. The van der Waals surface area contributed by atoms with E-state index in [0.717, 1.165) is 6.42 Å². The molecule has 0 radical (unpaired) electrons. The van der Waals surface area contributed by atoms with Gasteiger partial charge >= 0.3 is 0 Å². The van der Waals surface area contributed by atoms with Crippen molar-refractivity contribution in [2.75, 3.05) is 0 Å². The van der Waals surface area contributed by atoms with E-state index in [1.54, 1.807) is 0 Å². The van der Waals surface area contributed by atoms with E-state index in [4.69, 9.17) is 5.26 Å². The Labute approximate surface area is 86.8 Å². The van der Waals surface area contributed by atoms with Crippen LogP contribution in [0, 0.1) is 28.6 Å². The predicted octanol–water partition coefficient (Wildman–Crippen LogP) is 3.67. The van der Waals surface area contributed by atoms with Crippen LogP contribution in [0.1, 0.15) is 46.0 Å². The topological polar surface area (TPSA) is 23.8 Å². The average Bonchev–Trinajstić information content (AvgIpc) is 2.42. The standard InChI is InChI=1S/C13H19N/c1-10-3-4-12-11(9-14)6-8-13(12,2)7-5-10/h5,11-12H,3-4,6-8H2,1-2H3/t11-,12+,13+/m0/s1. The van der Waals surface area contributed by atoms with Gasteiger partial charge in [-0.3, -0.25) is 0 Å². The SMILES string of the molecule is CC1=CC[C@]2(C)CC[C@@H](C#N)[C@H]2CC1. The highest BCUT2D eigenvalue weighted by atomic mass is 14.5. The average molecular weight is 189 g/mol. The van der Waals surface area contributed by atoms with Crippen LogP contribution in [0.5, 0.6) is 0 Å². The molecule has 2 aliphatic carbocycles. The van der Waals surface area contributed by atoms with E-state index in [9.17, 15) is 0 Å². The molecule has 3 atom stereocenters. The first-order valence-electron chi connectivity index (χ1n) is 5.71. The smallest absolute Gasteiger partial charge is 0.0658 e. The quantitative estimate of drug-likeness (QED) is 0.533. The highest BCUT2D eigenvalue weighted by Crippen LogP contribution is 2.52. The summed E-state index contributed by atoms with van der Waals surface area (Å²) >= 11 is 0. The van der Waals surface area contributed by atoms with Crippen molar-refractivity contribution in [2.24, 2.45) is 17.3 Å². The van der Waals surface area contributed by atoms with E-state index < -0.39 is 0 Å². The van der Waals surface area contributed by atoms with Crippen LogP contribution in [-0.4, -0.2) is 0 Å². The van der Waals surface area contributed by atoms with Crippen molar-refractivity contribution in [3.05, 3.63) is 11.6 Å². The second-order valence-corrected chi connectivity index (χ2v) is 5.33. The van der Waals surface area contributed by atoms with E-state index in [-0.39, 0.29) is 0 Å². The number of hydrogen-bond acceptors (Lipinski definition) is 1. The normalized spacial score (nSPS) is 42.2. The Morgan fingerprint density at radius 1 is 1.50 bits per heavy atom. The van der Waals surface area contributed by atoms with Crippen LogP contribution in [0.4, 0.5) is 0 Å². The number of rotatable bonds is 0. The van der Waals surface area contributed by atoms with Crippen molar-refractivity contribution in [3.8, 4) is 6.07 Å². The zero-order valence-corrected chi connectivity index (χ0v) is 9.21. The van der Waals surface area contributed by atoms with E-state index in [1.165, 1.54) is 31.3 Å². The Balaban J connectivity index is 2.22. The molecule has 0 bridgehead atoms. The summed E-state index contributed by atoms with van der Waals surface area (Å²) in [6.07, 6.45) is 8.42. The lowest BCUT2D eigenvalue weighted by Gasteiger charge is -2.30. The maximum Gasteiger partial charge on any atom is 0.0658 e. The molecule has 0 saturated heterocycles. The van der Waals surface area contributed by atoms with Gasteiger partial charge in [-0.1, -0.05) is 18.6 Å². The van der Waals surface area contributed by atoms with Crippen molar-refractivity contribution in [1.82, 2.24) is 0 Å². The molecule has 0 amide bonds. The van der Waals surface area contributed by atoms with E-state index in [1.807, 2.05) is 0 Å². The van der Waals surface area contributed by atoms with Crippen LogP contribution in [0.2, 0.25) is 0 Å². The minimum atomic E-state index is 0.333. The molecule has 1 fully saturated rings. The van der Waals surface area contributed by atoms with Gasteiger partial charge in [0.2, 0.25) is 0 Å². The first-order chi connectivity index (χ1) is 6.65. The van der Waals surface area contributed by atoms with E-state index in [0.29, 0.717) is 17.3 Å². The predicted molar refractivity (Wildman–Crippen MR) is 57.5 cm³/mol. The molecule has 0 aromatic heterocycles. The molecule has 76 valence electrons. The molecule has 2 rings (SSSR count). The molecule has 1 saturated carbocycles. The van der Waals surface area contributed by atoms with Gasteiger partial charge in [0.15, 0.2) is 0 Å². The van der Waals surface area contributed by atoms with Gasteiger partial charge in [-0.2, -0.15) is 5.26 Å². The maximum atomic E-state index is 9.11. The molecule has 0 N–H and O–H groups in total. The second kappa shape index (κ2) is 3.42. The Kier molecular flexibility index (Phi) is 2.39. The Bertz CT molecular complexity index is 297. The highest BCUT2D eigenvalue weighted by molar-refractivity contribution is 5.11. The summed E-state index contributed by atoms with van der Waals surface area (Å²) in [5.74, 6) is 0.987. The zero-order chi connectivity index (χ0) is 10.2. The Morgan fingerprint density at radius 3 is 3.00 bits per heavy atom. The summed E-state index contributed by atoms with van der Waals surface area (Å²) in [6.45, 7) is 4.61. The van der Waals surface area contributed by atoms with Gasteiger partial charge < -0.3 is 0 Å². The molecule has 1 nitrogen and oxygen atoms in total. The van der Waals surface area contributed by atoms with Gasteiger partial charge in [0.25, 0.3) is 0 Å². The number of fused-ring (bicyclic) bond motifs is 1. The molecule has 0 spiro atoms. The van der Waals surface area contributed by atoms with Gasteiger partial charge in [-0.15, -0.1) is 0 Å². The minimum absolute atomic E-state index is 0.333. The molecule has 0 heterocycles. The largest absolute Gasteiger partial charge is 0.198 e. The van der Waals surface area contributed by atoms with Crippen molar-refractivity contribution >= 4 is 0 Å². The van der Waals surface area contributed by atoms with E-state index >= 15 is 0 Å². The summed E-state index contributed by atoms with van der Waals surface area (Å²) in [6, 6.07) is 2.51. The molecule has 2 aliphatic rings. The van der Waals surface area contributed by atoms with Gasteiger partial charge in [-0.25, -0.2) is 0 Å². The van der Waals surface area contributed by atoms with Gasteiger partial charge in [0.1, 0.15) is 0 Å². The fraction of sp³-hybridized carbons (Fsp3) is 0.769. The van der Waals surface area contributed by atoms with Crippen molar-refractivity contribution in [1.29, 1.82) is 5.26 Å². The number of nitrogens with zero attached hydrogens (tertiary/aromatic N) is 1. The molecular formula is C13H19N. The first kappa shape index (κ1) is 9.77. The molecule has 0 aromatic carbocycles. The summed E-state index contributed by atoms with van der Waals surface area (Å²) in [4.78, 5) is 0. The Hall–Kier alpha value is -0.770. The number of hydrogen-bond donors (Lipinski definition) is 0. The van der Waals surface area contributed by atoms with Crippen LogP contribution in [0.25, 0.3) is 0 Å². The second-order valence-electron chi connectivity index (χ2n) is 5.33. The first-order valence-corrected chi connectivity index (χ1v) is 5.71. The summed E-state index contributed by atoms with van der Waals surface area (Å²) < 4.78 is 0. The fourth-order valence-corrected chi connectivity index (χ4v) is 3.21. The summed E-state index contributed by atoms with van der Waals surface area (Å²) in [5, 5.41) is 9.11. The van der Waals surface area contributed by atoms with E-state index in [2.05, 4.69) is 26.0 Å². The lowest BCUT2D eigenvalue weighted by molar-refractivity contribution is 0.207. The van der Waals surface area contributed by atoms with Crippen LogP contribution in [-0.2, 0) is 0 Å². The molecule has 0 unspecified atom stereocenters. The highest BCUT2D eigenvalue weighted by Gasteiger charge is 2.44. The number of nitriles is 1. The zero-order valence-electron chi connectivity index (χ0n) is 9.21. The van der Waals surface area contributed by atoms with Crippen molar-refractivity contribution in [2.45, 2.75) is 46.0 Å². The molecular weight excluding hydrogens is 170 g/mol. The van der Waals surface area contributed by atoms with Crippen molar-refractivity contribution < 1.29 is 0 Å². The van der Waals surface area contributed by atoms with Crippen molar-refractivity contribution in [3.63, 3.8) is 0 Å².